The topological polar surface area (TPSA) is 45.2 Å². The van der Waals surface area contributed by atoms with Gasteiger partial charge in [-0.15, -0.1) is 11.3 Å². The van der Waals surface area contributed by atoms with E-state index >= 15 is 0 Å². The van der Waals surface area contributed by atoms with Gasteiger partial charge < -0.3 is 5.32 Å². The van der Waals surface area contributed by atoms with E-state index < -0.39 is 0 Å². The number of nitrogens with one attached hydrogen (secondary N) is 1. The monoisotopic (exact) mass is 291 g/mol. The summed E-state index contributed by atoms with van der Waals surface area (Å²) in [6, 6.07) is 8.11. The zero-order valence-electron chi connectivity index (χ0n) is 12.2. The molecule has 0 unspecified atom stereocenters. The standard InChI is InChI=1S/C15H21N3OS/c1-11(2)8-16-14(19)9-18(3)10-15-17-12-6-4-5-7-13(12)20-15/h4-7,11H,8-10H2,1-3H3,(H,16,19). The van der Waals surface area contributed by atoms with Crippen LogP contribution < -0.4 is 5.32 Å². The van der Waals surface area contributed by atoms with E-state index in [1.165, 1.54) is 4.70 Å². The lowest BCUT2D eigenvalue weighted by atomic mass is 10.2. The third kappa shape index (κ3) is 4.28. The fourth-order valence-electron chi connectivity index (χ4n) is 1.89. The minimum Gasteiger partial charge on any atom is -0.355 e. The first kappa shape index (κ1) is 14.9. The first-order valence-corrected chi connectivity index (χ1v) is 7.66. The van der Waals surface area contributed by atoms with Gasteiger partial charge in [0.15, 0.2) is 0 Å². The molecule has 2 aromatic rings. The summed E-state index contributed by atoms with van der Waals surface area (Å²) in [4.78, 5) is 18.3. The minimum atomic E-state index is 0.0716. The number of rotatable bonds is 6. The Hall–Kier alpha value is -1.46. The Morgan fingerprint density at radius 1 is 1.40 bits per heavy atom. The molecule has 0 aliphatic carbocycles. The van der Waals surface area contributed by atoms with E-state index in [1.807, 2.05) is 30.1 Å². The molecule has 0 radical (unpaired) electrons. The lowest BCUT2D eigenvalue weighted by Crippen LogP contribution is -2.36. The molecule has 1 amide bonds. The highest BCUT2D eigenvalue weighted by Crippen LogP contribution is 2.22. The van der Waals surface area contributed by atoms with Gasteiger partial charge in [-0.25, -0.2) is 4.98 Å². The van der Waals surface area contributed by atoms with Gasteiger partial charge in [0.05, 0.1) is 23.3 Å². The van der Waals surface area contributed by atoms with Crippen molar-refractivity contribution in [1.82, 2.24) is 15.2 Å². The average molecular weight is 291 g/mol. The SMILES string of the molecule is CC(C)CNC(=O)CN(C)Cc1nc2ccccc2s1. The predicted molar refractivity (Wildman–Crippen MR) is 83.8 cm³/mol. The molecular formula is C15H21N3OS. The van der Waals surface area contributed by atoms with Gasteiger partial charge in [-0.2, -0.15) is 0 Å². The van der Waals surface area contributed by atoms with Crippen molar-refractivity contribution in [2.24, 2.45) is 5.92 Å². The molecule has 1 aromatic carbocycles. The van der Waals surface area contributed by atoms with Gasteiger partial charge >= 0.3 is 0 Å². The number of aromatic nitrogens is 1. The first-order valence-electron chi connectivity index (χ1n) is 6.84. The molecule has 0 spiro atoms. The zero-order chi connectivity index (χ0) is 14.5. The highest BCUT2D eigenvalue weighted by atomic mass is 32.1. The molecule has 1 aromatic heterocycles. The van der Waals surface area contributed by atoms with Crippen molar-refractivity contribution in [3.63, 3.8) is 0 Å². The van der Waals surface area contributed by atoms with Crippen molar-refractivity contribution in [3.8, 4) is 0 Å². The van der Waals surface area contributed by atoms with E-state index in [-0.39, 0.29) is 5.91 Å². The number of nitrogens with zero attached hydrogens (tertiary/aromatic N) is 2. The van der Waals surface area contributed by atoms with E-state index in [1.54, 1.807) is 11.3 Å². The molecule has 0 aliphatic heterocycles. The number of thiazole rings is 1. The number of carbonyl (C=O) groups is 1. The van der Waals surface area contributed by atoms with Crippen LogP contribution in [0.2, 0.25) is 0 Å². The van der Waals surface area contributed by atoms with Crippen LogP contribution in [0.25, 0.3) is 10.2 Å². The van der Waals surface area contributed by atoms with Crippen molar-refractivity contribution in [1.29, 1.82) is 0 Å². The van der Waals surface area contributed by atoms with Gasteiger partial charge in [-0.1, -0.05) is 26.0 Å². The maximum Gasteiger partial charge on any atom is 0.234 e. The van der Waals surface area contributed by atoms with Gasteiger partial charge in [-0.05, 0) is 25.1 Å². The molecule has 0 saturated heterocycles. The second-order valence-electron chi connectivity index (χ2n) is 5.45. The lowest BCUT2D eigenvalue weighted by Gasteiger charge is -2.15. The Kier molecular flexibility index (Phi) is 5.09. The Labute approximate surface area is 123 Å². The number of hydrogen-bond acceptors (Lipinski definition) is 4. The summed E-state index contributed by atoms with van der Waals surface area (Å²) in [5.41, 5.74) is 1.03. The lowest BCUT2D eigenvalue weighted by molar-refractivity contribution is -0.122. The van der Waals surface area contributed by atoms with Crippen LogP contribution in [0.4, 0.5) is 0 Å². The highest BCUT2D eigenvalue weighted by molar-refractivity contribution is 7.18. The summed E-state index contributed by atoms with van der Waals surface area (Å²) in [6.07, 6.45) is 0. The van der Waals surface area contributed by atoms with Gasteiger partial charge in [0.25, 0.3) is 0 Å². The normalized spacial score (nSPS) is 11.4. The number of likely N-dealkylation sites (N-methyl/N-ethyl adjacent to an activating group) is 1. The molecule has 0 atom stereocenters. The number of amides is 1. The van der Waals surface area contributed by atoms with Crippen LogP contribution in [0, 0.1) is 5.92 Å². The van der Waals surface area contributed by atoms with Crippen LogP contribution in [-0.2, 0) is 11.3 Å². The van der Waals surface area contributed by atoms with Gasteiger partial charge in [0.2, 0.25) is 5.91 Å². The van der Waals surface area contributed by atoms with Crippen molar-refractivity contribution in [2.45, 2.75) is 20.4 Å². The van der Waals surface area contributed by atoms with Gasteiger partial charge in [-0.3, -0.25) is 9.69 Å². The Balaban J connectivity index is 1.87. The average Bonchev–Trinajstić information content (AvgIpc) is 2.78. The van der Waals surface area contributed by atoms with E-state index in [0.29, 0.717) is 19.0 Å². The van der Waals surface area contributed by atoms with Crippen LogP contribution in [0.3, 0.4) is 0 Å². The van der Waals surface area contributed by atoms with Crippen LogP contribution in [0.15, 0.2) is 24.3 Å². The molecule has 1 N–H and O–H groups in total. The quantitative estimate of drug-likeness (QED) is 0.889. The third-order valence-electron chi connectivity index (χ3n) is 2.86. The van der Waals surface area contributed by atoms with Gasteiger partial charge in [0, 0.05) is 6.54 Å². The van der Waals surface area contributed by atoms with Crippen LogP contribution in [0.5, 0.6) is 0 Å². The highest BCUT2D eigenvalue weighted by Gasteiger charge is 2.10. The van der Waals surface area contributed by atoms with Crippen molar-refractivity contribution >= 4 is 27.5 Å². The van der Waals surface area contributed by atoms with E-state index in [2.05, 4.69) is 30.2 Å². The molecule has 0 fully saturated rings. The number of carbonyl (C=O) groups excluding carboxylic acids is 1. The van der Waals surface area contributed by atoms with E-state index in [0.717, 1.165) is 17.1 Å². The van der Waals surface area contributed by atoms with Crippen LogP contribution in [0.1, 0.15) is 18.9 Å². The summed E-state index contributed by atoms with van der Waals surface area (Å²) in [5.74, 6) is 0.552. The summed E-state index contributed by atoms with van der Waals surface area (Å²) in [6.45, 7) is 6.02. The second-order valence-corrected chi connectivity index (χ2v) is 6.56. The molecule has 4 nitrogen and oxygen atoms in total. The third-order valence-corrected chi connectivity index (χ3v) is 3.89. The van der Waals surface area contributed by atoms with Crippen LogP contribution in [-0.4, -0.2) is 35.9 Å². The maximum atomic E-state index is 11.8. The predicted octanol–water partition coefficient (Wildman–Crippen LogP) is 2.50. The molecule has 5 heteroatoms. The number of benzene rings is 1. The minimum absolute atomic E-state index is 0.0716. The molecule has 2 rings (SSSR count). The molecule has 1 heterocycles. The fourth-order valence-corrected chi connectivity index (χ4v) is 2.94. The summed E-state index contributed by atoms with van der Waals surface area (Å²) in [5, 5.41) is 3.97. The Morgan fingerprint density at radius 2 is 2.15 bits per heavy atom. The van der Waals surface area contributed by atoms with Crippen molar-refractivity contribution in [3.05, 3.63) is 29.3 Å². The Bertz CT molecular complexity index is 546. The summed E-state index contributed by atoms with van der Waals surface area (Å²) >= 11 is 1.69. The maximum absolute atomic E-state index is 11.8. The van der Waals surface area contributed by atoms with Gasteiger partial charge in [0.1, 0.15) is 5.01 Å². The number of hydrogen-bond donors (Lipinski definition) is 1. The first-order chi connectivity index (χ1) is 9.54. The summed E-state index contributed by atoms with van der Waals surface area (Å²) in [7, 11) is 1.95. The Morgan fingerprint density at radius 3 is 2.85 bits per heavy atom. The van der Waals surface area contributed by atoms with E-state index in [4.69, 9.17) is 0 Å². The number of para-hydroxylation sites is 1. The summed E-state index contributed by atoms with van der Waals surface area (Å²) < 4.78 is 1.19. The largest absolute Gasteiger partial charge is 0.355 e. The zero-order valence-corrected chi connectivity index (χ0v) is 13.0. The second kappa shape index (κ2) is 6.81. The molecule has 0 aliphatic rings. The number of fused-ring (bicyclic) bond motifs is 1. The van der Waals surface area contributed by atoms with E-state index in [9.17, 15) is 4.79 Å². The molecule has 20 heavy (non-hydrogen) atoms. The van der Waals surface area contributed by atoms with Crippen molar-refractivity contribution in [2.75, 3.05) is 20.1 Å². The van der Waals surface area contributed by atoms with Crippen LogP contribution >= 0.6 is 11.3 Å². The molecule has 0 saturated carbocycles. The smallest absolute Gasteiger partial charge is 0.234 e. The fraction of sp³-hybridized carbons (Fsp3) is 0.467. The molecular weight excluding hydrogens is 270 g/mol. The molecule has 108 valence electrons. The molecule has 0 bridgehead atoms. The van der Waals surface area contributed by atoms with Crippen molar-refractivity contribution < 1.29 is 4.79 Å².